The van der Waals surface area contributed by atoms with Gasteiger partial charge in [-0.15, -0.1) is 0 Å². The van der Waals surface area contributed by atoms with Gasteiger partial charge in [0.25, 0.3) is 0 Å². The molecule has 0 radical (unpaired) electrons. The van der Waals surface area contributed by atoms with Crippen LogP contribution in [0.1, 0.15) is 17.2 Å². The summed E-state index contributed by atoms with van der Waals surface area (Å²) in [5.74, 6) is 0.810. The maximum atomic E-state index is 10.2. The Morgan fingerprint density at radius 2 is 1.79 bits per heavy atom. The highest BCUT2D eigenvalue weighted by molar-refractivity contribution is 6.31. The fraction of sp³-hybridized carbons (Fsp3) is 0.368. The highest BCUT2D eigenvalue weighted by Gasteiger charge is 2.18. The van der Waals surface area contributed by atoms with E-state index in [1.807, 2.05) is 67.5 Å². The number of hydrogen-bond acceptors (Lipinski definition) is 4. The molecule has 0 aliphatic rings. The van der Waals surface area contributed by atoms with E-state index < -0.39 is 6.10 Å². The number of halogens is 1. The third-order valence-corrected chi connectivity index (χ3v) is 4.14. The van der Waals surface area contributed by atoms with Crippen molar-refractivity contribution in [3.05, 3.63) is 64.7 Å². The van der Waals surface area contributed by atoms with Gasteiger partial charge in [0.2, 0.25) is 0 Å². The van der Waals surface area contributed by atoms with Crippen LogP contribution in [-0.4, -0.2) is 50.4 Å². The maximum absolute atomic E-state index is 10.2. The van der Waals surface area contributed by atoms with E-state index in [9.17, 15) is 5.11 Å². The van der Waals surface area contributed by atoms with Crippen molar-refractivity contribution in [2.45, 2.75) is 12.1 Å². The number of hydrogen-bond donors (Lipinski definition) is 2. The molecular formula is C19H25ClN2O2. The van der Waals surface area contributed by atoms with Crippen molar-refractivity contribution in [3.8, 4) is 5.75 Å². The molecule has 2 aromatic carbocycles. The highest BCUT2D eigenvalue weighted by atomic mass is 35.5. The normalized spacial score (nSPS) is 13.8. The van der Waals surface area contributed by atoms with Gasteiger partial charge in [-0.1, -0.05) is 41.9 Å². The molecule has 0 saturated heterocycles. The summed E-state index contributed by atoms with van der Waals surface area (Å²) in [5, 5.41) is 14.3. The molecule has 0 heterocycles. The van der Waals surface area contributed by atoms with Crippen LogP contribution in [0.5, 0.6) is 5.75 Å². The monoisotopic (exact) mass is 348 g/mol. The Morgan fingerprint density at radius 1 is 1.12 bits per heavy atom. The number of nitrogens with zero attached hydrogens (tertiary/aromatic N) is 1. The second-order valence-electron chi connectivity index (χ2n) is 6.05. The molecular weight excluding hydrogens is 324 g/mol. The van der Waals surface area contributed by atoms with Crippen LogP contribution in [0.3, 0.4) is 0 Å². The van der Waals surface area contributed by atoms with Gasteiger partial charge in [-0.05, 0) is 43.4 Å². The molecule has 0 fully saturated rings. The van der Waals surface area contributed by atoms with E-state index in [4.69, 9.17) is 16.3 Å². The lowest BCUT2D eigenvalue weighted by atomic mass is 9.98. The Labute approximate surface area is 149 Å². The van der Waals surface area contributed by atoms with Gasteiger partial charge in [-0.2, -0.15) is 0 Å². The molecule has 2 aromatic rings. The number of nitrogens with one attached hydrogen (secondary N) is 1. The number of benzene rings is 2. The smallest absolute Gasteiger partial charge is 0.118 e. The summed E-state index contributed by atoms with van der Waals surface area (Å²) in [6, 6.07) is 15.5. The zero-order valence-corrected chi connectivity index (χ0v) is 15.1. The second kappa shape index (κ2) is 9.04. The molecule has 130 valence electrons. The van der Waals surface area contributed by atoms with E-state index in [1.165, 1.54) is 0 Å². The first-order valence-electron chi connectivity index (χ1n) is 7.96. The molecule has 5 heteroatoms. The van der Waals surface area contributed by atoms with E-state index >= 15 is 0 Å². The van der Waals surface area contributed by atoms with Gasteiger partial charge < -0.3 is 20.1 Å². The number of ether oxygens (including phenoxy) is 1. The third-order valence-electron chi connectivity index (χ3n) is 3.80. The zero-order valence-electron chi connectivity index (χ0n) is 14.4. The summed E-state index contributed by atoms with van der Waals surface area (Å²) in [5.41, 5.74) is 2.06. The van der Waals surface area contributed by atoms with Crippen molar-refractivity contribution < 1.29 is 9.84 Å². The first-order valence-corrected chi connectivity index (χ1v) is 8.33. The van der Waals surface area contributed by atoms with Crippen molar-refractivity contribution in [3.63, 3.8) is 0 Å². The molecule has 2 atom stereocenters. The van der Waals surface area contributed by atoms with E-state index in [0.717, 1.165) is 16.9 Å². The fourth-order valence-electron chi connectivity index (χ4n) is 2.65. The van der Waals surface area contributed by atoms with E-state index in [2.05, 4.69) is 5.32 Å². The summed E-state index contributed by atoms with van der Waals surface area (Å²) < 4.78 is 5.23. The van der Waals surface area contributed by atoms with Crippen molar-refractivity contribution in [1.29, 1.82) is 0 Å². The molecule has 24 heavy (non-hydrogen) atoms. The summed E-state index contributed by atoms with van der Waals surface area (Å²) in [7, 11) is 5.53. The molecule has 2 unspecified atom stereocenters. The van der Waals surface area contributed by atoms with Crippen LogP contribution >= 0.6 is 11.6 Å². The molecule has 4 nitrogen and oxygen atoms in total. The average Bonchev–Trinajstić information content (AvgIpc) is 2.56. The van der Waals surface area contributed by atoms with Crippen LogP contribution in [0, 0.1) is 0 Å². The molecule has 0 aliphatic heterocycles. The lowest BCUT2D eigenvalue weighted by Crippen LogP contribution is -2.37. The Morgan fingerprint density at radius 3 is 2.38 bits per heavy atom. The maximum Gasteiger partial charge on any atom is 0.118 e. The van der Waals surface area contributed by atoms with E-state index in [-0.39, 0.29) is 6.04 Å². The molecule has 0 bridgehead atoms. The number of aliphatic hydroxyl groups is 1. The summed E-state index contributed by atoms with van der Waals surface area (Å²) in [6.07, 6.45) is -0.455. The minimum atomic E-state index is -0.455. The fourth-order valence-corrected chi connectivity index (χ4v) is 2.90. The van der Waals surface area contributed by atoms with E-state index in [0.29, 0.717) is 18.1 Å². The van der Waals surface area contributed by atoms with Gasteiger partial charge in [0.1, 0.15) is 5.75 Å². The molecule has 0 spiro atoms. The Bertz CT molecular complexity index is 632. The van der Waals surface area contributed by atoms with Crippen LogP contribution < -0.4 is 10.1 Å². The van der Waals surface area contributed by atoms with E-state index in [1.54, 1.807) is 7.11 Å². The molecule has 0 amide bonds. The number of rotatable bonds is 8. The zero-order chi connectivity index (χ0) is 17.5. The molecule has 0 saturated carbocycles. The van der Waals surface area contributed by atoms with Gasteiger partial charge in [-0.3, -0.25) is 0 Å². The van der Waals surface area contributed by atoms with Gasteiger partial charge in [-0.25, -0.2) is 0 Å². The largest absolute Gasteiger partial charge is 0.497 e. The van der Waals surface area contributed by atoms with Gasteiger partial charge in [0, 0.05) is 18.1 Å². The van der Waals surface area contributed by atoms with Crippen LogP contribution in [0.25, 0.3) is 0 Å². The number of methoxy groups -OCH3 is 1. The first kappa shape index (κ1) is 18.7. The predicted molar refractivity (Wildman–Crippen MR) is 98.9 cm³/mol. The molecule has 0 aromatic heterocycles. The third kappa shape index (κ3) is 5.21. The van der Waals surface area contributed by atoms with Crippen molar-refractivity contribution in [2.75, 3.05) is 34.3 Å². The quantitative estimate of drug-likeness (QED) is 0.770. The van der Waals surface area contributed by atoms with Crippen LogP contribution in [0.4, 0.5) is 0 Å². The predicted octanol–water partition coefficient (Wildman–Crippen LogP) is 2.95. The van der Waals surface area contributed by atoms with Crippen LogP contribution in [0.2, 0.25) is 5.02 Å². The minimum absolute atomic E-state index is 0.0959. The SMILES string of the molecule is COc1ccc(C(NCC(O)CN(C)C)c2ccccc2Cl)cc1. The molecule has 2 rings (SSSR count). The number of likely N-dealkylation sites (N-methyl/N-ethyl adjacent to an activating group) is 1. The lowest BCUT2D eigenvalue weighted by Gasteiger charge is -2.24. The van der Waals surface area contributed by atoms with Gasteiger partial charge in [0.15, 0.2) is 0 Å². The Kier molecular flexibility index (Phi) is 7.06. The minimum Gasteiger partial charge on any atom is -0.497 e. The van der Waals surface area contributed by atoms with Crippen LogP contribution in [-0.2, 0) is 0 Å². The number of aliphatic hydroxyl groups excluding tert-OH is 1. The van der Waals surface area contributed by atoms with Crippen molar-refractivity contribution in [1.82, 2.24) is 10.2 Å². The summed E-state index contributed by atoms with van der Waals surface area (Å²) in [6.45, 7) is 1.07. The molecule has 2 N–H and O–H groups in total. The standard InChI is InChI=1S/C19H25ClN2O2/c1-22(2)13-15(23)12-21-19(17-6-4-5-7-18(17)20)14-8-10-16(24-3)11-9-14/h4-11,15,19,21,23H,12-13H2,1-3H3. The van der Waals surface area contributed by atoms with Crippen LogP contribution in [0.15, 0.2) is 48.5 Å². The van der Waals surface area contributed by atoms with Gasteiger partial charge in [0.05, 0.1) is 19.3 Å². The summed E-state index contributed by atoms with van der Waals surface area (Å²) >= 11 is 6.39. The van der Waals surface area contributed by atoms with Crippen molar-refractivity contribution in [2.24, 2.45) is 0 Å². The Balaban J connectivity index is 2.22. The first-order chi connectivity index (χ1) is 11.5. The molecule has 0 aliphatic carbocycles. The lowest BCUT2D eigenvalue weighted by molar-refractivity contribution is 0.133. The summed E-state index contributed by atoms with van der Waals surface area (Å²) in [4.78, 5) is 1.96. The van der Waals surface area contributed by atoms with Gasteiger partial charge >= 0.3 is 0 Å². The average molecular weight is 349 g/mol. The highest BCUT2D eigenvalue weighted by Crippen LogP contribution is 2.29. The van der Waals surface area contributed by atoms with Crippen molar-refractivity contribution >= 4 is 11.6 Å². The second-order valence-corrected chi connectivity index (χ2v) is 6.46. The topological polar surface area (TPSA) is 44.7 Å². The Hall–Kier alpha value is -1.59.